The Bertz CT molecular complexity index is 799. The molecule has 0 saturated heterocycles. The SMILES string of the molecule is CCCc1c(Cl)[nH]c(=O)n(-c2ccccc2C#N)c1=O. The highest BCUT2D eigenvalue weighted by molar-refractivity contribution is 6.30. The Labute approximate surface area is 120 Å². The van der Waals surface area contributed by atoms with Crippen LogP contribution in [0.2, 0.25) is 5.15 Å². The van der Waals surface area contributed by atoms with Crippen LogP contribution in [0.5, 0.6) is 0 Å². The molecule has 0 aliphatic rings. The fraction of sp³-hybridized carbons (Fsp3) is 0.214. The fourth-order valence-electron chi connectivity index (χ4n) is 1.99. The first kappa shape index (κ1) is 14.1. The molecule has 102 valence electrons. The molecule has 1 aromatic heterocycles. The number of para-hydroxylation sites is 1. The van der Waals surface area contributed by atoms with E-state index in [0.29, 0.717) is 12.0 Å². The van der Waals surface area contributed by atoms with Crippen LogP contribution in [-0.2, 0) is 6.42 Å². The van der Waals surface area contributed by atoms with Gasteiger partial charge in [0.15, 0.2) is 0 Å². The zero-order valence-corrected chi connectivity index (χ0v) is 11.6. The minimum absolute atomic E-state index is 0.0625. The third-order valence-corrected chi connectivity index (χ3v) is 3.23. The molecule has 0 unspecified atom stereocenters. The summed E-state index contributed by atoms with van der Waals surface area (Å²) >= 11 is 5.91. The zero-order valence-electron chi connectivity index (χ0n) is 10.8. The lowest BCUT2D eigenvalue weighted by Gasteiger charge is -2.09. The van der Waals surface area contributed by atoms with E-state index in [1.807, 2.05) is 13.0 Å². The predicted molar refractivity (Wildman–Crippen MR) is 76.4 cm³/mol. The predicted octanol–water partition coefficient (Wildman–Crippen LogP) is 2.00. The lowest BCUT2D eigenvalue weighted by atomic mass is 10.1. The van der Waals surface area contributed by atoms with Crippen LogP contribution >= 0.6 is 11.6 Å². The number of nitrogens with one attached hydrogen (secondary N) is 1. The summed E-state index contributed by atoms with van der Waals surface area (Å²) in [4.78, 5) is 26.9. The molecule has 0 aliphatic heterocycles. The van der Waals surface area contributed by atoms with E-state index in [-0.39, 0.29) is 16.4 Å². The summed E-state index contributed by atoms with van der Waals surface area (Å²) in [6, 6.07) is 8.41. The topological polar surface area (TPSA) is 78.7 Å². The molecule has 0 atom stereocenters. The molecular formula is C14H12ClN3O2. The van der Waals surface area contributed by atoms with Crippen molar-refractivity contribution in [1.29, 1.82) is 5.26 Å². The molecule has 1 aromatic carbocycles. The van der Waals surface area contributed by atoms with Crippen LogP contribution in [0.25, 0.3) is 5.69 Å². The number of aromatic nitrogens is 2. The number of hydrogen-bond acceptors (Lipinski definition) is 3. The molecule has 2 aromatic rings. The summed E-state index contributed by atoms with van der Waals surface area (Å²) in [7, 11) is 0. The van der Waals surface area contributed by atoms with Gasteiger partial charge in [0.25, 0.3) is 5.56 Å². The van der Waals surface area contributed by atoms with Gasteiger partial charge in [0.05, 0.1) is 16.8 Å². The first-order valence-corrected chi connectivity index (χ1v) is 6.51. The van der Waals surface area contributed by atoms with Crippen LogP contribution in [0.1, 0.15) is 24.5 Å². The lowest BCUT2D eigenvalue weighted by molar-refractivity contribution is 0.810. The molecule has 0 aliphatic carbocycles. The number of nitrogens with zero attached hydrogens (tertiary/aromatic N) is 2. The van der Waals surface area contributed by atoms with Crippen molar-refractivity contribution < 1.29 is 0 Å². The Morgan fingerprint density at radius 2 is 2.05 bits per heavy atom. The second-order valence-corrected chi connectivity index (χ2v) is 4.62. The smallest absolute Gasteiger partial charge is 0.297 e. The molecule has 0 bridgehead atoms. The van der Waals surface area contributed by atoms with Gasteiger partial charge in [0.2, 0.25) is 0 Å². The summed E-state index contributed by atoms with van der Waals surface area (Å²) in [5, 5.41) is 9.15. The van der Waals surface area contributed by atoms with Crippen LogP contribution in [0, 0.1) is 11.3 Å². The average Bonchev–Trinajstić information content (AvgIpc) is 2.44. The van der Waals surface area contributed by atoms with Crippen LogP contribution in [0.4, 0.5) is 0 Å². The van der Waals surface area contributed by atoms with Crippen LogP contribution in [-0.4, -0.2) is 9.55 Å². The summed E-state index contributed by atoms with van der Waals surface area (Å²) < 4.78 is 0.954. The summed E-state index contributed by atoms with van der Waals surface area (Å²) in [5.74, 6) is 0. The molecule has 0 fully saturated rings. The molecule has 0 saturated carbocycles. The molecule has 2 rings (SSSR count). The maximum absolute atomic E-state index is 12.4. The van der Waals surface area contributed by atoms with E-state index in [0.717, 1.165) is 11.0 Å². The normalized spacial score (nSPS) is 10.2. The Hall–Kier alpha value is -2.32. The van der Waals surface area contributed by atoms with Crippen molar-refractivity contribution in [2.45, 2.75) is 19.8 Å². The number of H-pyrrole nitrogens is 1. The van der Waals surface area contributed by atoms with E-state index >= 15 is 0 Å². The van der Waals surface area contributed by atoms with Gasteiger partial charge in [-0.05, 0) is 18.6 Å². The van der Waals surface area contributed by atoms with E-state index in [1.165, 1.54) is 0 Å². The van der Waals surface area contributed by atoms with Crippen LogP contribution < -0.4 is 11.2 Å². The molecule has 0 amide bonds. The summed E-state index contributed by atoms with van der Waals surface area (Å²) in [6.07, 6.45) is 1.18. The zero-order chi connectivity index (χ0) is 14.7. The highest BCUT2D eigenvalue weighted by Crippen LogP contribution is 2.13. The van der Waals surface area contributed by atoms with E-state index < -0.39 is 11.2 Å². The van der Waals surface area contributed by atoms with Crippen molar-refractivity contribution >= 4 is 11.6 Å². The number of aromatic amines is 1. The number of benzene rings is 1. The first-order valence-electron chi connectivity index (χ1n) is 6.13. The second kappa shape index (κ2) is 5.76. The minimum atomic E-state index is -0.650. The second-order valence-electron chi connectivity index (χ2n) is 4.24. The molecule has 6 heteroatoms. The van der Waals surface area contributed by atoms with E-state index in [2.05, 4.69) is 4.98 Å². The number of nitriles is 1. The molecule has 0 radical (unpaired) electrons. The Kier molecular flexibility index (Phi) is 4.06. The van der Waals surface area contributed by atoms with Gasteiger partial charge in [0, 0.05) is 0 Å². The van der Waals surface area contributed by atoms with Crippen molar-refractivity contribution in [3.63, 3.8) is 0 Å². The van der Waals surface area contributed by atoms with Gasteiger partial charge in [-0.1, -0.05) is 37.1 Å². The molecule has 0 spiro atoms. The number of rotatable bonds is 3. The van der Waals surface area contributed by atoms with Crippen molar-refractivity contribution in [2.24, 2.45) is 0 Å². The summed E-state index contributed by atoms with van der Waals surface area (Å²) in [6.45, 7) is 1.91. The van der Waals surface area contributed by atoms with Crippen LogP contribution in [0.3, 0.4) is 0 Å². The van der Waals surface area contributed by atoms with Crippen molar-refractivity contribution in [1.82, 2.24) is 9.55 Å². The average molecular weight is 290 g/mol. The van der Waals surface area contributed by atoms with Gasteiger partial charge in [0.1, 0.15) is 11.2 Å². The molecule has 5 nitrogen and oxygen atoms in total. The molecule has 1 N–H and O–H groups in total. The standard InChI is InChI=1S/C14H12ClN3O2/c1-2-5-10-12(15)17-14(20)18(13(10)19)11-7-4-3-6-9(11)8-16/h3-4,6-7H,2,5H2,1H3,(H,17,20). The minimum Gasteiger partial charge on any atom is -0.297 e. The number of halogens is 1. The fourth-order valence-corrected chi connectivity index (χ4v) is 2.25. The van der Waals surface area contributed by atoms with Crippen molar-refractivity contribution in [3.05, 3.63) is 61.4 Å². The molecule has 20 heavy (non-hydrogen) atoms. The van der Waals surface area contributed by atoms with Crippen molar-refractivity contribution in [2.75, 3.05) is 0 Å². The van der Waals surface area contributed by atoms with Gasteiger partial charge in [-0.3, -0.25) is 9.78 Å². The third-order valence-electron chi connectivity index (χ3n) is 2.91. The third kappa shape index (κ3) is 2.38. The number of hydrogen-bond donors (Lipinski definition) is 1. The van der Waals surface area contributed by atoms with E-state index in [4.69, 9.17) is 16.9 Å². The van der Waals surface area contributed by atoms with Gasteiger partial charge in [-0.15, -0.1) is 0 Å². The van der Waals surface area contributed by atoms with Crippen molar-refractivity contribution in [3.8, 4) is 11.8 Å². The Balaban J connectivity index is 2.82. The summed E-state index contributed by atoms with van der Waals surface area (Å²) in [5.41, 5.74) is -0.271. The highest BCUT2D eigenvalue weighted by Gasteiger charge is 2.15. The van der Waals surface area contributed by atoms with Crippen LogP contribution in [0.15, 0.2) is 33.9 Å². The Morgan fingerprint density at radius 1 is 1.35 bits per heavy atom. The lowest BCUT2D eigenvalue weighted by Crippen LogP contribution is -2.36. The molecular weight excluding hydrogens is 278 g/mol. The van der Waals surface area contributed by atoms with Gasteiger partial charge < -0.3 is 0 Å². The molecule has 1 heterocycles. The van der Waals surface area contributed by atoms with E-state index in [9.17, 15) is 9.59 Å². The van der Waals surface area contributed by atoms with E-state index in [1.54, 1.807) is 24.3 Å². The quantitative estimate of drug-likeness (QED) is 0.878. The first-order chi connectivity index (χ1) is 9.60. The maximum Gasteiger partial charge on any atom is 0.334 e. The monoisotopic (exact) mass is 289 g/mol. The highest BCUT2D eigenvalue weighted by atomic mass is 35.5. The Morgan fingerprint density at radius 3 is 2.70 bits per heavy atom. The van der Waals surface area contributed by atoms with Gasteiger partial charge in [-0.25, -0.2) is 9.36 Å². The largest absolute Gasteiger partial charge is 0.334 e. The van der Waals surface area contributed by atoms with Gasteiger partial charge in [-0.2, -0.15) is 5.26 Å². The van der Waals surface area contributed by atoms with Gasteiger partial charge >= 0.3 is 5.69 Å². The maximum atomic E-state index is 12.4.